The van der Waals surface area contributed by atoms with Crippen LogP contribution in [0.4, 0.5) is 5.69 Å². The molecule has 13 heavy (non-hydrogen) atoms. The van der Waals surface area contributed by atoms with Crippen molar-refractivity contribution in [1.29, 1.82) is 0 Å². The predicted molar refractivity (Wildman–Crippen MR) is 45.5 cm³/mol. The minimum atomic E-state index is -0.0732. The van der Waals surface area contributed by atoms with Crippen LogP contribution in [0.25, 0.3) is 10.9 Å². The first kappa shape index (κ1) is 7.52. The van der Waals surface area contributed by atoms with Crippen molar-refractivity contribution in [2.75, 3.05) is 0 Å². The number of pyridine rings is 1. The van der Waals surface area contributed by atoms with Crippen molar-refractivity contribution < 1.29 is 9.90 Å². The summed E-state index contributed by atoms with van der Waals surface area (Å²) in [5.74, 6) is -0.0732. The Morgan fingerprint density at radius 3 is 3.23 bits per heavy atom. The minimum Gasteiger partial charge on any atom is -0.493 e. The average molecular weight is 175 g/mol. The zero-order chi connectivity index (χ0) is 9.26. The molecule has 2 aromatic rings. The summed E-state index contributed by atoms with van der Waals surface area (Å²) in [4.78, 5) is 20.0. The van der Waals surface area contributed by atoms with Gasteiger partial charge in [-0.05, 0) is 0 Å². The summed E-state index contributed by atoms with van der Waals surface area (Å²) in [6, 6.07) is 1.46. The monoisotopic (exact) mass is 175 g/mol. The number of nitrogens with one attached hydrogen (secondary N) is 1. The van der Waals surface area contributed by atoms with Crippen molar-refractivity contribution in [3.05, 3.63) is 18.5 Å². The van der Waals surface area contributed by atoms with Crippen molar-refractivity contribution in [3.8, 4) is 5.88 Å². The molecule has 5 heteroatoms. The van der Waals surface area contributed by atoms with Crippen LogP contribution in [0.3, 0.4) is 0 Å². The highest BCUT2D eigenvalue weighted by Gasteiger charge is 2.03. The van der Waals surface area contributed by atoms with Crippen molar-refractivity contribution in [2.45, 2.75) is 0 Å². The topological polar surface area (TPSA) is 78.3 Å². The number of hydrogen-bond donors (Lipinski definition) is 2. The summed E-state index contributed by atoms with van der Waals surface area (Å²) in [5.41, 5.74) is 1.15. The number of carbonyl (C=O) groups excluding carboxylic acids is 1. The first-order chi connectivity index (χ1) is 6.31. The Hall–Kier alpha value is -2.13. The van der Waals surface area contributed by atoms with Gasteiger partial charge in [0, 0.05) is 23.8 Å². The van der Waals surface area contributed by atoms with E-state index in [1.807, 2.05) is 0 Å². The zero-order valence-electron chi connectivity index (χ0n) is 6.48. The summed E-state index contributed by atoms with van der Waals surface area (Å²) in [7, 11) is 0. The number of aliphatic imine (C=N–C) groups is 1. The van der Waals surface area contributed by atoms with E-state index in [0.717, 1.165) is 0 Å². The summed E-state index contributed by atoms with van der Waals surface area (Å²) < 4.78 is 0. The second-order valence-corrected chi connectivity index (χ2v) is 2.47. The van der Waals surface area contributed by atoms with E-state index in [2.05, 4.69) is 15.0 Å². The average Bonchev–Trinajstić information content (AvgIpc) is 2.49. The van der Waals surface area contributed by atoms with E-state index in [0.29, 0.717) is 16.6 Å². The Balaban J connectivity index is 2.75. The quantitative estimate of drug-likeness (QED) is 0.505. The molecule has 0 atom stereocenters. The number of aromatic nitrogens is 2. The van der Waals surface area contributed by atoms with E-state index in [9.17, 15) is 4.79 Å². The van der Waals surface area contributed by atoms with Gasteiger partial charge in [-0.2, -0.15) is 4.99 Å². The lowest BCUT2D eigenvalue weighted by Crippen LogP contribution is -1.73. The van der Waals surface area contributed by atoms with Crippen LogP contribution in [-0.2, 0) is 4.79 Å². The number of fused-ring (bicyclic) bond motifs is 1. The third-order valence-electron chi connectivity index (χ3n) is 1.70. The molecule has 2 rings (SSSR count). The van der Waals surface area contributed by atoms with Gasteiger partial charge in [0.05, 0.1) is 5.52 Å². The molecule has 0 saturated carbocycles. The second-order valence-electron chi connectivity index (χ2n) is 2.47. The molecule has 0 spiro atoms. The van der Waals surface area contributed by atoms with Gasteiger partial charge in [-0.1, -0.05) is 0 Å². The molecule has 0 aliphatic heterocycles. The van der Waals surface area contributed by atoms with Crippen molar-refractivity contribution >= 4 is 22.7 Å². The number of aromatic hydroxyl groups is 1. The summed E-state index contributed by atoms with van der Waals surface area (Å²) in [6.45, 7) is 0. The van der Waals surface area contributed by atoms with Crippen molar-refractivity contribution in [2.24, 2.45) is 4.99 Å². The Morgan fingerprint density at radius 1 is 1.62 bits per heavy atom. The van der Waals surface area contributed by atoms with Crippen LogP contribution < -0.4 is 0 Å². The molecule has 0 aliphatic carbocycles. The smallest absolute Gasteiger partial charge is 0.240 e. The van der Waals surface area contributed by atoms with Crippen LogP contribution in [0.2, 0.25) is 0 Å². The molecule has 0 amide bonds. The van der Waals surface area contributed by atoms with E-state index >= 15 is 0 Å². The lowest BCUT2D eigenvalue weighted by Gasteiger charge is -1.90. The standard InChI is InChI=1S/C8H5N3O2/c12-4-11-7-3-9-6-1-8(13)10-2-5(6)7/h1-3,9H,(H,10,13). The van der Waals surface area contributed by atoms with Crippen LogP contribution in [-0.4, -0.2) is 21.2 Å². The first-order valence-corrected chi connectivity index (χ1v) is 3.55. The number of H-pyrrole nitrogens is 1. The maximum atomic E-state index is 10.0. The molecule has 0 fully saturated rings. The van der Waals surface area contributed by atoms with E-state index in [1.165, 1.54) is 18.3 Å². The lowest BCUT2D eigenvalue weighted by molar-refractivity contribution is 0.454. The van der Waals surface area contributed by atoms with Gasteiger partial charge in [0.15, 0.2) is 0 Å². The molecule has 64 valence electrons. The number of isocyanates is 1. The van der Waals surface area contributed by atoms with Gasteiger partial charge in [-0.25, -0.2) is 9.78 Å². The highest BCUT2D eigenvalue weighted by Crippen LogP contribution is 2.25. The Labute approximate surface area is 72.8 Å². The summed E-state index contributed by atoms with van der Waals surface area (Å²) in [6.07, 6.45) is 4.44. The SMILES string of the molecule is O=C=Nc1c[nH]c2cc(O)ncc12. The van der Waals surface area contributed by atoms with Gasteiger partial charge >= 0.3 is 0 Å². The number of hydrogen-bond acceptors (Lipinski definition) is 4. The van der Waals surface area contributed by atoms with Gasteiger partial charge < -0.3 is 10.1 Å². The molecule has 0 radical (unpaired) electrons. The molecule has 2 N–H and O–H groups in total. The fourth-order valence-electron chi connectivity index (χ4n) is 1.13. The van der Waals surface area contributed by atoms with E-state index in [1.54, 1.807) is 6.20 Å². The van der Waals surface area contributed by atoms with Gasteiger partial charge in [0.2, 0.25) is 12.0 Å². The van der Waals surface area contributed by atoms with Crippen LogP contribution >= 0.6 is 0 Å². The zero-order valence-corrected chi connectivity index (χ0v) is 6.48. The molecular weight excluding hydrogens is 170 g/mol. The highest BCUT2D eigenvalue weighted by molar-refractivity contribution is 5.91. The maximum absolute atomic E-state index is 10.0. The molecule has 0 saturated heterocycles. The number of nitrogens with zero attached hydrogens (tertiary/aromatic N) is 2. The van der Waals surface area contributed by atoms with Crippen molar-refractivity contribution in [3.63, 3.8) is 0 Å². The van der Waals surface area contributed by atoms with Crippen LogP contribution in [0.5, 0.6) is 5.88 Å². The highest BCUT2D eigenvalue weighted by atomic mass is 16.3. The number of rotatable bonds is 1. The Bertz CT molecular complexity index is 497. The van der Waals surface area contributed by atoms with Crippen LogP contribution in [0.1, 0.15) is 0 Å². The minimum absolute atomic E-state index is 0.0732. The third-order valence-corrected chi connectivity index (χ3v) is 1.70. The van der Waals surface area contributed by atoms with E-state index in [-0.39, 0.29) is 5.88 Å². The molecule has 2 aromatic heterocycles. The largest absolute Gasteiger partial charge is 0.493 e. The molecular formula is C8H5N3O2. The van der Waals surface area contributed by atoms with E-state index in [4.69, 9.17) is 5.11 Å². The molecule has 0 aromatic carbocycles. The molecule has 0 bridgehead atoms. The fourth-order valence-corrected chi connectivity index (χ4v) is 1.13. The van der Waals surface area contributed by atoms with Crippen LogP contribution in [0.15, 0.2) is 23.5 Å². The first-order valence-electron chi connectivity index (χ1n) is 3.55. The normalized spacial score (nSPS) is 9.85. The molecule has 0 unspecified atom stereocenters. The Kier molecular flexibility index (Phi) is 1.58. The van der Waals surface area contributed by atoms with E-state index < -0.39 is 0 Å². The number of aromatic amines is 1. The molecule has 0 aliphatic rings. The predicted octanol–water partition coefficient (Wildman–Crippen LogP) is 1.24. The van der Waals surface area contributed by atoms with Crippen molar-refractivity contribution in [1.82, 2.24) is 9.97 Å². The van der Waals surface area contributed by atoms with Crippen LogP contribution in [0, 0.1) is 0 Å². The molecule has 5 nitrogen and oxygen atoms in total. The second kappa shape index (κ2) is 2.73. The van der Waals surface area contributed by atoms with Gasteiger partial charge in [-0.3, -0.25) is 0 Å². The van der Waals surface area contributed by atoms with Gasteiger partial charge in [0.1, 0.15) is 5.69 Å². The fraction of sp³-hybridized carbons (Fsp3) is 0. The van der Waals surface area contributed by atoms with Gasteiger partial charge in [0.25, 0.3) is 0 Å². The lowest BCUT2D eigenvalue weighted by atomic mass is 10.3. The third kappa shape index (κ3) is 1.17. The summed E-state index contributed by atoms with van der Waals surface area (Å²) >= 11 is 0. The Morgan fingerprint density at radius 2 is 2.46 bits per heavy atom. The summed E-state index contributed by atoms with van der Waals surface area (Å²) in [5, 5.41) is 9.71. The maximum Gasteiger partial charge on any atom is 0.240 e. The van der Waals surface area contributed by atoms with Gasteiger partial charge in [-0.15, -0.1) is 0 Å². The molecule has 2 heterocycles.